The van der Waals surface area contributed by atoms with Crippen molar-refractivity contribution in [2.75, 3.05) is 46.6 Å². The van der Waals surface area contributed by atoms with Crippen molar-refractivity contribution < 1.29 is 19.7 Å². The quantitative estimate of drug-likeness (QED) is 0.542. The molecule has 0 aromatic carbocycles. The minimum atomic E-state index is -0.479. The van der Waals surface area contributed by atoms with Gasteiger partial charge in [0.25, 0.3) is 0 Å². The highest BCUT2D eigenvalue weighted by Crippen LogP contribution is 2.08. The Labute approximate surface area is 90.6 Å². The molecule has 1 aliphatic rings. The Morgan fingerprint density at radius 1 is 1.47 bits per heavy atom. The van der Waals surface area contributed by atoms with E-state index < -0.39 is 6.10 Å². The number of aliphatic hydroxyl groups is 2. The molecule has 0 aromatic heterocycles. The number of rotatable bonds is 7. The molecule has 0 aliphatic carbocycles. The van der Waals surface area contributed by atoms with Gasteiger partial charge in [-0.15, -0.1) is 0 Å². The largest absolute Gasteiger partial charge is 0.392 e. The Hall–Kier alpha value is -0.200. The predicted octanol–water partition coefficient (Wildman–Crippen LogP) is -0.923. The number of hydrogen-bond donors (Lipinski definition) is 2. The lowest BCUT2D eigenvalue weighted by Crippen LogP contribution is -2.34. The van der Waals surface area contributed by atoms with Crippen molar-refractivity contribution in [1.29, 1.82) is 0 Å². The van der Waals surface area contributed by atoms with E-state index in [1.165, 1.54) is 0 Å². The number of likely N-dealkylation sites (tertiary alicyclic amines) is 1. The van der Waals surface area contributed by atoms with Crippen LogP contribution < -0.4 is 0 Å². The van der Waals surface area contributed by atoms with Gasteiger partial charge in [-0.3, -0.25) is 4.90 Å². The van der Waals surface area contributed by atoms with Crippen LogP contribution in [-0.4, -0.2) is 73.9 Å². The number of ether oxygens (including phenoxy) is 2. The van der Waals surface area contributed by atoms with Crippen LogP contribution in [0.4, 0.5) is 0 Å². The summed E-state index contributed by atoms with van der Waals surface area (Å²) in [5.74, 6) is 0. The number of hydrogen-bond acceptors (Lipinski definition) is 5. The van der Waals surface area contributed by atoms with E-state index in [0.29, 0.717) is 32.9 Å². The average Bonchev–Trinajstić information content (AvgIpc) is 2.59. The molecule has 1 saturated heterocycles. The van der Waals surface area contributed by atoms with Crippen molar-refractivity contribution in [1.82, 2.24) is 4.90 Å². The SMILES string of the molecule is COCCOCC(O)CN1CC[C@H](O)C1. The summed E-state index contributed by atoms with van der Waals surface area (Å²) in [7, 11) is 1.62. The van der Waals surface area contributed by atoms with E-state index >= 15 is 0 Å². The summed E-state index contributed by atoms with van der Waals surface area (Å²) in [6.45, 7) is 3.48. The molecule has 5 heteroatoms. The Bertz CT molecular complexity index is 168. The molecule has 1 unspecified atom stereocenters. The molecule has 0 amide bonds. The second-order valence-electron chi connectivity index (χ2n) is 3.92. The molecule has 0 radical (unpaired) electrons. The Morgan fingerprint density at radius 3 is 2.87 bits per heavy atom. The Balaban J connectivity index is 2.00. The van der Waals surface area contributed by atoms with Gasteiger partial charge in [-0.25, -0.2) is 0 Å². The Morgan fingerprint density at radius 2 is 2.27 bits per heavy atom. The van der Waals surface area contributed by atoms with Gasteiger partial charge in [0.15, 0.2) is 0 Å². The minimum Gasteiger partial charge on any atom is -0.392 e. The van der Waals surface area contributed by atoms with Crippen molar-refractivity contribution >= 4 is 0 Å². The average molecular weight is 219 g/mol. The molecular formula is C10H21NO4. The number of methoxy groups -OCH3 is 1. The topological polar surface area (TPSA) is 62.2 Å². The zero-order valence-electron chi connectivity index (χ0n) is 9.26. The number of aliphatic hydroxyl groups excluding tert-OH is 2. The first kappa shape index (κ1) is 12.9. The van der Waals surface area contributed by atoms with Crippen LogP contribution in [0.2, 0.25) is 0 Å². The molecular weight excluding hydrogens is 198 g/mol. The summed E-state index contributed by atoms with van der Waals surface area (Å²) in [4.78, 5) is 2.05. The van der Waals surface area contributed by atoms with E-state index in [-0.39, 0.29) is 6.10 Å². The number of nitrogens with zero attached hydrogens (tertiary/aromatic N) is 1. The molecule has 1 aliphatic heterocycles. The fourth-order valence-electron chi connectivity index (χ4n) is 1.69. The van der Waals surface area contributed by atoms with Crippen LogP contribution in [0.1, 0.15) is 6.42 Å². The molecule has 2 atom stereocenters. The van der Waals surface area contributed by atoms with Gasteiger partial charge < -0.3 is 19.7 Å². The molecule has 5 nitrogen and oxygen atoms in total. The molecule has 2 N–H and O–H groups in total. The smallest absolute Gasteiger partial charge is 0.0900 e. The maximum Gasteiger partial charge on any atom is 0.0900 e. The highest BCUT2D eigenvalue weighted by atomic mass is 16.5. The third-order valence-electron chi connectivity index (χ3n) is 2.46. The van der Waals surface area contributed by atoms with Gasteiger partial charge in [0.2, 0.25) is 0 Å². The highest BCUT2D eigenvalue weighted by molar-refractivity contribution is 4.76. The molecule has 0 aromatic rings. The van der Waals surface area contributed by atoms with Crippen LogP contribution in [0.5, 0.6) is 0 Å². The second-order valence-corrected chi connectivity index (χ2v) is 3.92. The van der Waals surface area contributed by atoms with E-state index in [2.05, 4.69) is 4.90 Å². The summed E-state index contributed by atoms with van der Waals surface area (Å²) in [5, 5.41) is 18.9. The third kappa shape index (κ3) is 5.44. The van der Waals surface area contributed by atoms with Crippen LogP contribution >= 0.6 is 0 Å². The van der Waals surface area contributed by atoms with Crippen LogP contribution in [0.15, 0.2) is 0 Å². The first-order chi connectivity index (χ1) is 7.22. The molecule has 0 bridgehead atoms. The normalized spacial score (nSPS) is 24.6. The van der Waals surface area contributed by atoms with Gasteiger partial charge in [-0.05, 0) is 6.42 Å². The lowest BCUT2D eigenvalue weighted by Gasteiger charge is -2.19. The van der Waals surface area contributed by atoms with Crippen LogP contribution in [0.3, 0.4) is 0 Å². The minimum absolute atomic E-state index is 0.230. The summed E-state index contributed by atoms with van der Waals surface area (Å²) >= 11 is 0. The van der Waals surface area contributed by atoms with Crippen LogP contribution in [-0.2, 0) is 9.47 Å². The first-order valence-electron chi connectivity index (χ1n) is 5.37. The fraction of sp³-hybridized carbons (Fsp3) is 1.00. The van der Waals surface area contributed by atoms with Gasteiger partial charge in [0.05, 0.1) is 32.0 Å². The van der Waals surface area contributed by atoms with Crippen molar-refractivity contribution in [3.63, 3.8) is 0 Å². The third-order valence-corrected chi connectivity index (χ3v) is 2.46. The van der Waals surface area contributed by atoms with Crippen molar-refractivity contribution in [3.05, 3.63) is 0 Å². The summed E-state index contributed by atoms with van der Waals surface area (Å²) in [6.07, 6.45) is 0.0934. The summed E-state index contributed by atoms with van der Waals surface area (Å²) in [6, 6.07) is 0. The fourth-order valence-corrected chi connectivity index (χ4v) is 1.69. The lowest BCUT2D eigenvalue weighted by atomic mass is 10.3. The second kappa shape index (κ2) is 7.14. The lowest BCUT2D eigenvalue weighted by molar-refractivity contribution is 0.000964. The Kier molecular flexibility index (Phi) is 6.12. The van der Waals surface area contributed by atoms with E-state index in [0.717, 1.165) is 13.0 Å². The zero-order valence-corrected chi connectivity index (χ0v) is 9.26. The van der Waals surface area contributed by atoms with Gasteiger partial charge in [0, 0.05) is 26.7 Å². The van der Waals surface area contributed by atoms with Gasteiger partial charge >= 0.3 is 0 Å². The molecule has 1 rings (SSSR count). The van der Waals surface area contributed by atoms with Gasteiger partial charge in [-0.1, -0.05) is 0 Å². The van der Waals surface area contributed by atoms with Gasteiger partial charge in [-0.2, -0.15) is 0 Å². The zero-order chi connectivity index (χ0) is 11.1. The number of β-amino-alcohol motifs (C(OH)–C–C–N with tert-alkyl or cyclic N) is 2. The standard InChI is InChI=1S/C10H21NO4/c1-14-4-5-15-8-10(13)7-11-3-2-9(12)6-11/h9-10,12-13H,2-8H2,1H3/t9-,10?/m0/s1. The van der Waals surface area contributed by atoms with Crippen LogP contribution in [0.25, 0.3) is 0 Å². The van der Waals surface area contributed by atoms with Crippen LogP contribution in [0, 0.1) is 0 Å². The maximum absolute atomic E-state index is 9.61. The first-order valence-corrected chi connectivity index (χ1v) is 5.37. The van der Waals surface area contributed by atoms with Crippen molar-refractivity contribution in [2.24, 2.45) is 0 Å². The molecule has 15 heavy (non-hydrogen) atoms. The monoisotopic (exact) mass is 219 g/mol. The molecule has 0 saturated carbocycles. The summed E-state index contributed by atoms with van der Waals surface area (Å²) < 4.78 is 10.0. The van der Waals surface area contributed by atoms with Gasteiger partial charge in [0.1, 0.15) is 0 Å². The molecule has 1 fully saturated rings. The van der Waals surface area contributed by atoms with E-state index in [1.54, 1.807) is 7.11 Å². The van der Waals surface area contributed by atoms with Crippen molar-refractivity contribution in [2.45, 2.75) is 18.6 Å². The predicted molar refractivity (Wildman–Crippen MR) is 55.8 cm³/mol. The highest BCUT2D eigenvalue weighted by Gasteiger charge is 2.21. The summed E-state index contributed by atoms with van der Waals surface area (Å²) in [5.41, 5.74) is 0. The molecule has 90 valence electrons. The maximum atomic E-state index is 9.61. The van der Waals surface area contributed by atoms with E-state index in [1.807, 2.05) is 0 Å². The van der Waals surface area contributed by atoms with Crippen molar-refractivity contribution in [3.8, 4) is 0 Å². The molecule has 1 heterocycles. The van der Waals surface area contributed by atoms with E-state index in [4.69, 9.17) is 9.47 Å². The van der Waals surface area contributed by atoms with E-state index in [9.17, 15) is 10.2 Å². The molecule has 0 spiro atoms.